The zero-order valence-corrected chi connectivity index (χ0v) is 10.9. The van der Waals surface area contributed by atoms with Gasteiger partial charge in [0.15, 0.2) is 0 Å². The number of carboxylic acids is 2. The molecular formula is C9H16N6O6. The van der Waals surface area contributed by atoms with Crippen LogP contribution >= 0.6 is 0 Å². The molecule has 0 spiro atoms. The Hall–Kier alpha value is -2.28. The molecule has 118 valence electrons. The summed E-state index contributed by atoms with van der Waals surface area (Å²) in [6.45, 7) is -1.16. The molecule has 1 fully saturated rings. The Kier molecular flexibility index (Phi) is 5.54. The van der Waals surface area contributed by atoms with E-state index < -0.39 is 42.5 Å². The van der Waals surface area contributed by atoms with Gasteiger partial charge in [-0.25, -0.2) is 15.6 Å². The van der Waals surface area contributed by atoms with E-state index in [1.807, 2.05) is 10.9 Å². The van der Waals surface area contributed by atoms with Gasteiger partial charge in [0, 0.05) is 0 Å². The van der Waals surface area contributed by atoms with Gasteiger partial charge in [0.25, 0.3) is 0 Å². The summed E-state index contributed by atoms with van der Waals surface area (Å²) in [6.07, 6.45) is 0. The molecule has 1 heterocycles. The largest absolute Gasteiger partial charge is 0.480 e. The van der Waals surface area contributed by atoms with Crippen LogP contribution in [0.4, 0.5) is 4.79 Å². The fourth-order valence-electron chi connectivity index (χ4n) is 1.72. The van der Waals surface area contributed by atoms with Crippen molar-refractivity contribution in [2.24, 2.45) is 11.7 Å². The second kappa shape index (κ2) is 6.94. The maximum absolute atomic E-state index is 12.0. The molecule has 0 aromatic heterocycles. The molecule has 8 N–H and O–H groups in total. The zero-order valence-electron chi connectivity index (χ0n) is 10.9. The van der Waals surface area contributed by atoms with Crippen LogP contribution in [0.3, 0.4) is 0 Å². The standard InChI is InChI=1S/C9H16N6O6/c10-12-4(7(17)18)1-14-3-6(16)15(9(14)21)2-5(13-11)8(19)20/h4-5,12-13H,1-3,10-11H2,(H,17,18)(H,19,20). The second-order valence-corrected chi connectivity index (χ2v) is 4.28. The Morgan fingerprint density at radius 2 is 1.57 bits per heavy atom. The molecule has 1 aliphatic rings. The molecule has 2 unspecified atom stereocenters. The van der Waals surface area contributed by atoms with Gasteiger partial charge < -0.3 is 15.1 Å². The molecule has 3 amide bonds. The number of carboxylic acid groups (broad SMARTS) is 2. The van der Waals surface area contributed by atoms with E-state index in [2.05, 4.69) is 0 Å². The first-order chi connectivity index (χ1) is 9.81. The van der Waals surface area contributed by atoms with Crippen molar-refractivity contribution >= 4 is 23.9 Å². The highest BCUT2D eigenvalue weighted by Gasteiger charge is 2.39. The Labute approximate surface area is 118 Å². The predicted molar refractivity (Wildman–Crippen MR) is 66.2 cm³/mol. The molecule has 0 aliphatic carbocycles. The number of rotatable bonds is 8. The molecule has 0 saturated carbocycles. The van der Waals surface area contributed by atoms with Gasteiger partial charge in [0.05, 0.1) is 13.1 Å². The fourth-order valence-corrected chi connectivity index (χ4v) is 1.72. The third-order valence-corrected chi connectivity index (χ3v) is 2.90. The van der Waals surface area contributed by atoms with Crippen molar-refractivity contribution in [2.75, 3.05) is 19.6 Å². The molecule has 0 aromatic carbocycles. The van der Waals surface area contributed by atoms with E-state index in [0.29, 0.717) is 4.90 Å². The predicted octanol–water partition coefficient (Wildman–Crippen LogP) is -3.92. The van der Waals surface area contributed by atoms with Crippen LogP contribution in [0.25, 0.3) is 0 Å². The summed E-state index contributed by atoms with van der Waals surface area (Å²) in [5, 5.41) is 17.6. The molecule has 0 radical (unpaired) electrons. The fraction of sp³-hybridized carbons (Fsp3) is 0.556. The van der Waals surface area contributed by atoms with Crippen LogP contribution in [0.1, 0.15) is 0 Å². The zero-order chi connectivity index (χ0) is 16.2. The maximum atomic E-state index is 12.0. The van der Waals surface area contributed by atoms with Crippen LogP contribution in [0, 0.1) is 0 Å². The van der Waals surface area contributed by atoms with E-state index in [0.717, 1.165) is 4.90 Å². The van der Waals surface area contributed by atoms with Crippen molar-refractivity contribution in [2.45, 2.75) is 12.1 Å². The molecule has 2 atom stereocenters. The van der Waals surface area contributed by atoms with Gasteiger partial charge in [0.1, 0.15) is 18.6 Å². The van der Waals surface area contributed by atoms with Crippen LogP contribution in [-0.4, -0.2) is 75.6 Å². The Morgan fingerprint density at radius 1 is 1.10 bits per heavy atom. The lowest BCUT2D eigenvalue weighted by molar-refractivity contribution is -0.141. The Balaban J connectivity index is 2.75. The van der Waals surface area contributed by atoms with Crippen LogP contribution in [-0.2, 0) is 14.4 Å². The normalized spacial score (nSPS) is 18.0. The average Bonchev–Trinajstić information content (AvgIpc) is 2.67. The van der Waals surface area contributed by atoms with Crippen LogP contribution < -0.4 is 22.5 Å². The summed E-state index contributed by atoms with van der Waals surface area (Å²) < 4.78 is 0. The molecule has 12 heteroatoms. The average molecular weight is 304 g/mol. The highest BCUT2D eigenvalue weighted by Crippen LogP contribution is 2.11. The number of urea groups is 1. The lowest BCUT2D eigenvalue weighted by atomic mass is 10.3. The van der Waals surface area contributed by atoms with Gasteiger partial charge in [-0.05, 0) is 0 Å². The summed E-state index contributed by atoms with van der Waals surface area (Å²) in [5.41, 5.74) is 3.96. The van der Waals surface area contributed by atoms with Gasteiger partial charge in [-0.2, -0.15) is 0 Å². The van der Waals surface area contributed by atoms with E-state index in [1.165, 1.54) is 0 Å². The van der Waals surface area contributed by atoms with E-state index in [1.54, 1.807) is 0 Å². The first-order valence-corrected chi connectivity index (χ1v) is 5.79. The summed E-state index contributed by atoms with van der Waals surface area (Å²) >= 11 is 0. The van der Waals surface area contributed by atoms with Crippen molar-refractivity contribution in [3.63, 3.8) is 0 Å². The number of amides is 3. The van der Waals surface area contributed by atoms with Gasteiger partial charge in [0.2, 0.25) is 5.91 Å². The number of carbonyl (C=O) groups is 4. The van der Waals surface area contributed by atoms with Gasteiger partial charge in [-0.1, -0.05) is 0 Å². The lowest BCUT2D eigenvalue weighted by Crippen LogP contribution is -2.52. The number of hydrogen-bond acceptors (Lipinski definition) is 8. The number of carbonyl (C=O) groups excluding carboxylic acids is 2. The minimum Gasteiger partial charge on any atom is -0.480 e. The minimum atomic E-state index is -1.33. The second-order valence-electron chi connectivity index (χ2n) is 4.28. The van der Waals surface area contributed by atoms with E-state index in [4.69, 9.17) is 21.9 Å². The summed E-state index contributed by atoms with van der Waals surface area (Å²) in [4.78, 5) is 47.0. The van der Waals surface area contributed by atoms with Crippen molar-refractivity contribution in [3.8, 4) is 0 Å². The molecule has 0 bridgehead atoms. The van der Waals surface area contributed by atoms with Crippen LogP contribution in [0.2, 0.25) is 0 Å². The Bertz CT molecular complexity index is 456. The topological polar surface area (TPSA) is 191 Å². The molecule has 21 heavy (non-hydrogen) atoms. The molecule has 0 aromatic rings. The number of hydrazine groups is 2. The van der Waals surface area contributed by atoms with Crippen LogP contribution in [0.15, 0.2) is 0 Å². The number of nitrogens with two attached hydrogens (primary N) is 2. The lowest BCUT2D eigenvalue weighted by Gasteiger charge is -2.21. The number of nitrogens with one attached hydrogen (secondary N) is 2. The monoisotopic (exact) mass is 304 g/mol. The van der Waals surface area contributed by atoms with E-state index in [-0.39, 0.29) is 13.1 Å². The maximum Gasteiger partial charge on any atom is 0.327 e. The number of imide groups is 1. The van der Waals surface area contributed by atoms with Crippen molar-refractivity contribution in [1.82, 2.24) is 20.7 Å². The number of nitrogens with zero attached hydrogens (tertiary/aromatic N) is 2. The van der Waals surface area contributed by atoms with Crippen molar-refractivity contribution in [3.05, 3.63) is 0 Å². The highest BCUT2D eigenvalue weighted by molar-refractivity contribution is 6.02. The van der Waals surface area contributed by atoms with Crippen LogP contribution in [0.5, 0.6) is 0 Å². The molecule has 1 saturated heterocycles. The third kappa shape index (κ3) is 3.85. The third-order valence-electron chi connectivity index (χ3n) is 2.90. The molecule has 1 rings (SSSR count). The quantitative estimate of drug-likeness (QED) is 0.147. The SMILES string of the molecule is NNC(CN1CC(=O)N(CC(NN)C(=O)O)C1=O)C(=O)O. The smallest absolute Gasteiger partial charge is 0.327 e. The van der Waals surface area contributed by atoms with Gasteiger partial charge in [-0.15, -0.1) is 0 Å². The minimum absolute atomic E-state index is 0.333. The summed E-state index contributed by atoms with van der Waals surface area (Å²) in [6, 6.07) is -3.37. The van der Waals surface area contributed by atoms with E-state index >= 15 is 0 Å². The van der Waals surface area contributed by atoms with Gasteiger partial charge >= 0.3 is 18.0 Å². The first kappa shape index (κ1) is 16.8. The molecule has 12 nitrogen and oxygen atoms in total. The van der Waals surface area contributed by atoms with E-state index in [9.17, 15) is 19.2 Å². The number of hydrogen-bond donors (Lipinski definition) is 6. The van der Waals surface area contributed by atoms with Gasteiger partial charge in [-0.3, -0.25) is 31.0 Å². The Morgan fingerprint density at radius 3 is 2.00 bits per heavy atom. The number of aliphatic carboxylic acids is 2. The summed E-state index contributed by atoms with van der Waals surface area (Å²) in [7, 11) is 0. The highest BCUT2D eigenvalue weighted by atomic mass is 16.4. The summed E-state index contributed by atoms with van der Waals surface area (Å²) in [5.74, 6) is 6.79. The molecular weight excluding hydrogens is 288 g/mol. The van der Waals surface area contributed by atoms with Crippen molar-refractivity contribution in [1.29, 1.82) is 0 Å². The van der Waals surface area contributed by atoms with Crippen molar-refractivity contribution < 1.29 is 29.4 Å². The molecule has 1 aliphatic heterocycles. The first-order valence-electron chi connectivity index (χ1n) is 5.79.